The van der Waals surface area contributed by atoms with Crippen LogP contribution in [-0.4, -0.2) is 29.9 Å². The van der Waals surface area contributed by atoms with E-state index in [0.717, 1.165) is 25.1 Å². The number of carbonyl (C=O) groups excluding carboxylic acids is 1. The molecule has 1 aromatic rings. The van der Waals surface area contributed by atoms with Gasteiger partial charge in [0.1, 0.15) is 0 Å². The standard InChI is InChI=1S/C16H21ClN2O/c17-13-6-4-11(5-7-13)8-16(20)19-9-12-2-1-3-15(18)14(12)10-19/h4-7,12,14-15H,1-3,8-10,18H2. The van der Waals surface area contributed by atoms with Crippen LogP contribution < -0.4 is 5.73 Å². The molecule has 1 saturated carbocycles. The van der Waals surface area contributed by atoms with E-state index in [1.165, 1.54) is 12.8 Å². The van der Waals surface area contributed by atoms with Crippen LogP contribution in [0.2, 0.25) is 5.02 Å². The zero-order chi connectivity index (χ0) is 14.1. The number of nitrogens with zero attached hydrogens (tertiary/aromatic N) is 1. The van der Waals surface area contributed by atoms with Gasteiger partial charge in [-0.1, -0.05) is 30.2 Å². The summed E-state index contributed by atoms with van der Waals surface area (Å²) in [5.41, 5.74) is 7.23. The zero-order valence-electron chi connectivity index (χ0n) is 11.6. The predicted octanol–water partition coefficient (Wildman–Crippen LogP) is 2.47. The topological polar surface area (TPSA) is 46.3 Å². The molecule has 108 valence electrons. The summed E-state index contributed by atoms with van der Waals surface area (Å²) >= 11 is 5.86. The summed E-state index contributed by atoms with van der Waals surface area (Å²) in [5.74, 6) is 1.35. The molecule has 0 aromatic heterocycles. The summed E-state index contributed by atoms with van der Waals surface area (Å²) in [5, 5.41) is 0.708. The Morgan fingerprint density at radius 1 is 1.25 bits per heavy atom. The molecular weight excluding hydrogens is 272 g/mol. The van der Waals surface area contributed by atoms with Gasteiger partial charge in [-0.05, 0) is 42.4 Å². The molecule has 3 nitrogen and oxygen atoms in total. The third kappa shape index (κ3) is 2.84. The first kappa shape index (κ1) is 13.9. The van der Waals surface area contributed by atoms with Gasteiger partial charge in [0.05, 0.1) is 6.42 Å². The molecule has 1 saturated heterocycles. The van der Waals surface area contributed by atoms with Crippen LogP contribution in [-0.2, 0) is 11.2 Å². The molecule has 2 aliphatic rings. The monoisotopic (exact) mass is 292 g/mol. The molecular formula is C16H21ClN2O. The summed E-state index contributed by atoms with van der Waals surface area (Å²) in [4.78, 5) is 14.4. The predicted molar refractivity (Wildman–Crippen MR) is 80.5 cm³/mol. The molecule has 3 atom stereocenters. The largest absolute Gasteiger partial charge is 0.342 e. The molecule has 20 heavy (non-hydrogen) atoms. The third-order valence-corrected chi connectivity index (χ3v) is 5.03. The SMILES string of the molecule is NC1CCCC2CN(C(=O)Cc3ccc(Cl)cc3)CC12. The lowest BCUT2D eigenvalue weighted by atomic mass is 9.78. The van der Waals surface area contributed by atoms with Crippen molar-refractivity contribution in [3.8, 4) is 0 Å². The van der Waals surface area contributed by atoms with Gasteiger partial charge >= 0.3 is 0 Å². The number of likely N-dealkylation sites (tertiary alicyclic amines) is 1. The van der Waals surface area contributed by atoms with E-state index in [1.54, 1.807) is 0 Å². The maximum atomic E-state index is 12.4. The van der Waals surface area contributed by atoms with Crippen LogP contribution in [0.3, 0.4) is 0 Å². The Morgan fingerprint density at radius 3 is 2.70 bits per heavy atom. The van der Waals surface area contributed by atoms with E-state index in [4.69, 9.17) is 17.3 Å². The normalized spacial score (nSPS) is 29.3. The van der Waals surface area contributed by atoms with Crippen LogP contribution in [0.25, 0.3) is 0 Å². The molecule has 0 spiro atoms. The van der Waals surface area contributed by atoms with E-state index < -0.39 is 0 Å². The number of hydrogen-bond donors (Lipinski definition) is 1. The molecule has 3 unspecified atom stereocenters. The number of fused-ring (bicyclic) bond motifs is 1. The quantitative estimate of drug-likeness (QED) is 0.910. The minimum absolute atomic E-state index is 0.217. The Balaban J connectivity index is 1.62. The maximum absolute atomic E-state index is 12.4. The Labute approximate surface area is 125 Å². The number of amides is 1. The lowest BCUT2D eigenvalue weighted by Gasteiger charge is -2.29. The van der Waals surface area contributed by atoms with Gasteiger partial charge in [0.15, 0.2) is 0 Å². The molecule has 3 rings (SSSR count). The second-order valence-electron chi connectivity index (χ2n) is 6.12. The molecule has 1 amide bonds. The highest BCUT2D eigenvalue weighted by atomic mass is 35.5. The molecule has 4 heteroatoms. The molecule has 1 heterocycles. The summed E-state index contributed by atoms with van der Waals surface area (Å²) in [7, 11) is 0. The smallest absolute Gasteiger partial charge is 0.227 e. The fourth-order valence-corrected chi connectivity index (χ4v) is 3.74. The number of nitrogens with two attached hydrogens (primary N) is 1. The number of benzene rings is 1. The van der Waals surface area contributed by atoms with Crippen LogP contribution in [0.1, 0.15) is 24.8 Å². The van der Waals surface area contributed by atoms with Gasteiger partial charge in [-0.25, -0.2) is 0 Å². The van der Waals surface area contributed by atoms with E-state index in [0.29, 0.717) is 23.3 Å². The molecule has 1 aromatic carbocycles. The van der Waals surface area contributed by atoms with E-state index in [2.05, 4.69) is 0 Å². The molecule has 0 bridgehead atoms. The van der Waals surface area contributed by atoms with Gasteiger partial charge in [-0.15, -0.1) is 0 Å². The summed E-state index contributed by atoms with van der Waals surface area (Å²) < 4.78 is 0. The van der Waals surface area contributed by atoms with Gasteiger partial charge in [-0.3, -0.25) is 4.79 Å². The van der Waals surface area contributed by atoms with Crippen molar-refractivity contribution in [1.82, 2.24) is 4.90 Å². The minimum atomic E-state index is 0.217. The summed E-state index contributed by atoms with van der Waals surface area (Å²) in [6.45, 7) is 1.74. The fourth-order valence-electron chi connectivity index (χ4n) is 3.61. The first-order valence-electron chi connectivity index (χ1n) is 7.41. The van der Waals surface area contributed by atoms with Crippen molar-refractivity contribution in [2.75, 3.05) is 13.1 Å². The molecule has 1 aliphatic heterocycles. The number of halogens is 1. The van der Waals surface area contributed by atoms with Crippen molar-refractivity contribution in [2.45, 2.75) is 31.7 Å². The number of hydrogen-bond acceptors (Lipinski definition) is 2. The Kier molecular flexibility index (Phi) is 3.99. The zero-order valence-corrected chi connectivity index (χ0v) is 12.4. The maximum Gasteiger partial charge on any atom is 0.227 e. The van der Waals surface area contributed by atoms with Crippen molar-refractivity contribution >= 4 is 17.5 Å². The van der Waals surface area contributed by atoms with Crippen molar-refractivity contribution in [3.63, 3.8) is 0 Å². The number of rotatable bonds is 2. The molecule has 0 radical (unpaired) electrons. The summed E-state index contributed by atoms with van der Waals surface area (Å²) in [6, 6.07) is 7.81. The van der Waals surface area contributed by atoms with Gasteiger partial charge in [0, 0.05) is 24.2 Å². The number of carbonyl (C=O) groups is 1. The van der Waals surface area contributed by atoms with Gasteiger partial charge < -0.3 is 10.6 Å². The van der Waals surface area contributed by atoms with E-state index in [1.807, 2.05) is 29.2 Å². The average molecular weight is 293 g/mol. The minimum Gasteiger partial charge on any atom is -0.342 e. The van der Waals surface area contributed by atoms with Crippen LogP contribution in [0, 0.1) is 11.8 Å². The Morgan fingerprint density at radius 2 is 2.00 bits per heavy atom. The van der Waals surface area contributed by atoms with Crippen LogP contribution in [0.15, 0.2) is 24.3 Å². The average Bonchev–Trinajstić information content (AvgIpc) is 2.87. The van der Waals surface area contributed by atoms with E-state index in [-0.39, 0.29) is 11.9 Å². The first-order valence-corrected chi connectivity index (χ1v) is 7.79. The third-order valence-electron chi connectivity index (χ3n) is 4.78. The molecule has 1 aliphatic carbocycles. The highest BCUT2D eigenvalue weighted by molar-refractivity contribution is 6.30. The molecule has 2 N–H and O–H groups in total. The van der Waals surface area contributed by atoms with Crippen LogP contribution in [0.4, 0.5) is 0 Å². The second-order valence-corrected chi connectivity index (χ2v) is 6.56. The Bertz CT molecular complexity index is 488. The lowest BCUT2D eigenvalue weighted by Crippen LogP contribution is -2.38. The van der Waals surface area contributed by atoms with Gasteiger partial charge in [0.2, 0.25) is 5.91 Å². The molecule has 2 fully saturated rings. The highest BCUT2D eigenvalue weighted by Crippen LogP contribution is 2.35. The van der Waals surface area contributed by atoms with Crippen LogP contribution in [0.5, 0.6) is 0 Å². The van der Waals surface area contributed by atoms with E-state index in [9.17, 15) is 4.79 Å². The highest BCUT2D eigenvalue weighted by Gasteiger charge is 2.40. The first-order chi connectivity index (χ1) is 9.63. The van der Waals surface area contributed by atoms with Crippen LogP contribution >= 0.6 is 11.6 Å². The second kappa shape index (κ2) is 5.74. The fraction of sp³-hybridized carbons (Fsp3) is 0.562. The summed E-state index contributed by atoms with van der Waals surface area (Å²) in [6.07, 6.45) is 4.01. The van der Waals surface area contributed by atoms with Crippen molar-refractivity contribution in [3.05, 3.63) is 34.9 Å². The van der Waals surface area contributed by atoms with Gasteiger partial charge in [-0.2, -0.15) is 0 Å². The van der Waals surface area contributed by atoms with Gasteiger partial charge in [0.25, 0.3) is 0 Å². The van der Waals surface area contributed by atoms with E-state index >= 15 is 0 Å². The van der Waals surface area contributed by atoms with Crippen molar-refractivity contribution in [2.24, 2.45) is 17.6 Å². The van der Waals surface area contributed by atoms with Crippen molar-refractivity contribution < 1.29 is 4.79 Å². The lowest BCUT2D eigenvalue weighted by molar-refractivity contribution is -0.129. The Hall–Kier alpha value is -1.06. The van der Waals surface area contributed by atoms with Crippen molar-refractivity contribution in [1.29, 1.82) is 0 Å².